The van der Waals surface area contributed by atoms with Crippen molar-refractivity contribution in [3.63, 3.8) is 0 Å². The molecule has 1 saturated heterocycles. The van der Waals surface area contributed by atoms with E-state index in [-0.39, 0.29) is 18.5 Å². The lowest BCUT2D eigenvalue weighted by Crippen LogP contribution is -2.50. The average molecular weight is 368 g/mol. The number of fused-ring (bicyclic) bond motifs is 1. The zero-order valence-corrected chi connectivity index (χ0v) is 15.3. The van der Waals surface area contributed by atoms with Gasteiger partial charge in [-0.05, 0) is 29.5 Å². The molecule has 4 rings (SSSR count). The Balaban J connectivity index is 1.40. The van der Waals surface area contributed by atoms with Gasteiger partial charge in [0, 0.05) is 44.7 Å². The van der Waals surface area contributed by atoms with Crippen molar-refractivity contribution in [1.29, 1.82) is 0 Å². The second-order valence-electron chi connectivity index (χ2n) is 7.61. The van der Waals surface area contributed by atoms with E-state index in [1.165, 1.54) is 11.1 Å². The molecule has 3 unspecified atom stereocenters. The van der Waals surface area contributed by atoms with Gasteiger partial charge in [-0.25, -0.2) is 4.79 Å². The van der Waals surface area contributed by atoms with Gasteiger partial charge in [0.25, 0.3) is 0 Å². The summed E-state index contributed by atoms with van der Waals surface area (Å²) in [6, 6.07) is 8.10. The van der Waals surface area contributed by atoms with Crippen LogP contribution in [-0.2, 0) is 18.3 Å². The van der Waals surface area contributed by atoms with Crippen LogP contribution in [0.1, 0.15) is 34.9 Å². The number of piperidine rings is 1. The molecule has 0 radical (unpaired) electrons. The Labute approximate surface area is 158 Å². The number of carbonyl (C=O) groups excluding carboxylic acids is 1. The van der Waals surface area contributed by atoms with Gasteiger partial charge < -0.3 is 15.3 Å². The maximum Gasteiger partial charge on any atom is 0.317 e. The third kappa shape index (κ3) is 3.54. The Hall–Kier alpha value is -2.83. The number of aromatic nitrogens is 2. The quantitative estimate of drug-likeness (QED) is 0.864. The predicted molar refractivity (Wildman–Crippen MR) is 99.6 cm³/mol. The molecule has 7 nitrogen and oxygen atoms in total. The molecule has 2 N–H and O–H groups in total. The van der Waals surface area contributed by atoms with E-state index in [9.17, 15) is 14.7 Å². The number of carboxylic acids is 1. The van der Waals surface area contributed by atoms with Crippen LogP contribution >= 0.6 is 0 Å². The Kier molecular flexibility index (Phi) is 4.59. The highest BCUT2D eigenvalue weighted by molar-refractivity contribution is 5.77. The van der Waals surface area contributed by atoms with Gasteiger partial charge in [-0.15, -0.1) is 0 Å². The number of amides is 2. The monoisotopic (exact) mass is 368 g/mol. The standard InChI is InChI=1S/C20H24N4O3/c1-23-10-17(9-22-23)15-7-16(19(25)26)12-24(11-15)20(27)21-8-14-6-13-4-2-3-5-18(13)14/h2-5,9-10,14-16H,6-8,11-12H2,1H3,(H,21,27)(H,25,26). The van der Waals surface area contributed by atoms with Gasteiger partial charge in [-0.1, -0.05) is 24.3 Å². The highest BCUT2D eigenvalue weighted by Gasteiger charge is 2.35. The minimum Gasteiger partial charge on any atom is -0.481 e. The fraction of sp³-hybridized carbons (Fsp3) is 0.450. The van der Waals surface area contributed by atoms with Gasteiger partial charge in [0.15, 0.2) is 0 Å². The van der Waals surface area contributed by atoms with Gasteiger partial charge in [-0.3, -0.25) is 9.48 Å². The highest BCUT2D eigenvalue weighted by atomic mass is 16.4. The molecule has 0 spiro atoms. The summed E-state index contributed by atoms with van der Waals surface area (Å²) in [7, 11) is 1.84. The smallest absolute Gasteiger partial charge is 0.317 e. The molecule has 7 heteroatoms. The van der Waals surface area contributed by atoms with Gasteiger partial charge in [0.05, 0.1) is 12.1 Å². The zero-order valence-electron chi connectivity index (χ0n) is 15.3. The number of carboxylic acid groups (broad SMARTS) is 1. The number of hydrogen-bond donors (Lipinski definition) is 2. The van der Waals surface area contributed by atoms with Crippen LogP contribution in [0.4, 0.5) is 4.79 Å². The van der Waals surface area contributed by atoms with Gasteiger partial charge in [-0.2, -0.15) is 5.10 Å². The summed E-state index contributed by atoms with van der Waals surface area (Å²) >= 11 is 0. The van der Waals surface area contributed by atoms with Crippen molar-refractivity contribution in [2.45, 2.75) is 24.7 Å². The van der Waals surface area contributed by atoms with Crippen LogP contribution in [0.25, 0.3) is 0 Å². The maximum atomic E-state index is 12.7. The molecule has 27 heavy (non-hydrogen) atoms. The topological polar surface area (TPSA) is 87.5 Å². The molecule has 2 aromatic rings. The minimum absolute atomic E-state index is 0.0104. The number of urea groups is 1. The molecule has 0 bridgehead atoms. The highest BCUT2D eigenvalue weighted by Crippen LogP contribution is 2.34. The molecule has 1 aliphatic carbocycles. The fourth-order valence-corrected chi connectivity index (χ4v) is 4.20. The summed E-state index contributed by atoms with van der Waals surface area (Å²) in [6.07, 6.45) is 5.17. The van der Waals surface area contributed by atoms with Crippen LogP contribution < -0.4 is 5.32 Å². The van der Waals surface area contributed by atoms with Crippen LogP contribution in [-0.4, -0.2) is 51.4 Å². The fourth-order valence-electron chi connectivity index (χ4n) is 4.20. The first kappa shape index (κ1) is 17.6. The number of aryl methyl sites for hydroxylation is 1. The molecule has 1 aliphatic heterocycles. The van der Waals surface area contributed by atoms with Crippen LogP contribution in [0.3, 0.4) is 0 Å². The number of hydrogen-bond acceptors (Lipinski definition) is 3. The van der Waals surface area contributed by atoms with Crippen molar-refractivity contribution in [2.24, 2.45) is 13.0 Å². The van der Waals surface area contributed by atoms with E-state index >= 15 is 0 Å². The Bertz CT molecular complexity index is 862. The van der Waals surface area contributed by atoms with E-state index in [1.54, 1.807) is 15.8 Å². The third-order valence-electron chi connectivity index (χ3n) is 5.74. The van der Waals surface area contributed by atoms with E-state index in [1.807, 2.05) is 25.4 Å². The average Bonchev–Trinajstić information content (AvgIpc) is 3.08. The Morgan fingerprint density at radius 2 is 2.11 bits per heavy atom. The van der Waals surface area contributed by atoms with Crippen molar-refractivity contribution in [3.05, 3.63) is 53.3 Å². The van der Waals surface area contributed by atoms with Crippen molar-refractivity contribution in [2.75, 3.05) is 19.6 Å². The first-order chi connectivity index (χ1) is 13.0. The second-order valence-corrected chi connectivity index (χ2v) is 7.61. The predicted octanol–water partition coefficient (Wildman–Crippen LogP) is 1.96. The number of benzene rings is 1. The SMILES string of the molecule is Cn1cc(C2CC(C(=O)O)CN(C(=O)NCC3Cc4ccccc43)C2)cn1. The Morgan fingerprint density at radius 1 is 1.30 bits per heavy atom. The number of aliphatic carboxylic acids is 1. The molecule has 0 saturated carbocycles. The van der Waals surface area contributed by atoms with Crippen molar-refractivity contribution in [3.8, 4) is 0 Å². The lowest BCUT2D eigenvalue weighted by molar-refractivity contribution is -0.143. The molecule has 2 heterocycles. The third-order valence-corrected chi connectivity index (χ3v) is 5.74. The number of nitrogens with zero attached hydrogens (tertiary/aromatic N) is 3. The number of rotatable bonds is 4. The van der Waals surface area contributed by atoms with E-state index in [4.69, 9.17) is 0 Å². The van der Waals surface area contributed by atoms with E-state index < -0.39 is 11.9 Å². The van der Waals surface area contributed by atoms with Gasteiger partial charge in [0.1, 0.15) is 0 Å². The second kappa shape index (κ2) is 7.06. The summed E-state index contributed by atoms with van der Waals surface area (Å²) in [5.41, 5.74) is 3.62. The molecule has 2 amide bonds. The molecule has 142 valence electrons. The van der Waals surface area contributed by atoms with Crippen molar-refractivity contribution in [1.82, 2.24) is 20.0 Å². The summed E-state index contributed by atoms with van der Waals surface area (Å²) in [5, 5.41) is 16.7. The normalized spacial score (nSPS) is 24.0. The molecule has 1 aromatic heterocycles. The van der Waals surface area contributed by atoms with E-state index in [0.717, 1.165) is 12.0 Å². The molecule has 1 aromatic carbocycles. The lowest BCUT2D eigenvalue weighted by Gasteiger charge is -2.37. The molecular formula is C20H24N4O3. The first-order valence-corrected chi connectivity index (χ1v) is 9.33. The first-order valence-electron chi connectivity index (χ1n) is 9.33. The summed E-state index contributed by atoms with van der Waals surface area (Å²) in [4.78, 5) is 25.9. The number of carbonyl (C=O) groups is 2. The van der Waals surface area contributed by atoms with Crippen LogP contribution in [0.5, 0.6) is 0 Å². The van der Waals surface area contributed by atoms with Crippen molar-refractivity contribution < 1.29 is 14.7 Å². The van der Waals surface area contributed by atoms with Crippen LogP contribution in [0.15, 0.2) is 36.7 Å². The largest absolute Gasteiger partial charge is 0.481 e. The maximum absolute atomic E-state index is 12.7. The van der Waals surface area contributed by atoms with E-state index in [2.05, 4.69) is 22.5 Å². The van der Waals surface area contributed by atoms with Crippen LogP contribution in [0, 0.1) is 5.92 Å². The summed E-state index contributed by atoms with van der Waals surface area (Å²) in [5.74, 6) is -1.07. The molecular weight excluding hydrogens is 344 g/mol. The van der Waals surface area contributed by atoms with Gasteiger partial charge >= 0.3 is 12.0 Å². The minimum atomic E-state index is -0.852. The molecule has 2 aliphatic rings. The Morgan fingerprint density at radius 3 is 2.81 bits per heavy atom. The van der Waals surface area contributed by atoms with Crippen LogP contribution in [0.2, 0.25) is 0 Å². The van der Waals surface area contributed by atoms with Gasteiger partial charge in [0.2, 0.25) is 0 Å². The number of nitrogens with one attached hydrogen (secondary N) is 1. The zero-order chi connectivity index (χ0) is 19.0. The molecule has 3 atom stereocenters. The number of likely N-dealkylation sites (tertiary alicyclic amines) is 1. The van der Waals surface area contributed by atoms with Crippen molar-refractivity contribution >= 4 is 12.0 Å². The molecule has 1 fully saturated rings. The summed E-state index contributed by atoms with van der Waals surface area (Å²) in [6.45, 7) is 1.35. The summed E-state index contributed by atoms with van der Waals surface area (Å²) < 4.78 is 1.71. The lowest BCUT2D eigenvalue weighted by atomic mass is 9.77. The van der Waals surface area contributed by atoms with E-state index in [0.29, 0.717) is 25.4 Å².